The van der Waals surface area contributed by atoms with E-state index in [-0.39, 0.29) is 5.41 Å². The first kappa shape index (κ1) is 25.3. The summed E-state index contributed by atoms with van der Waals surface area (Å²) in [6, 6.07) is 14.1. The number of hydrogen-bond acceptors (Lipinski definition) is 5. The Morgan fingerprint density at radius 1 is 0.971 bits per heavy atom. The van der Waals surface area contributed by atoms with Crippen molar-refractivity contribution in [2.24, 2.45) is 10.4 Å². The second kappa shape index (κ2) is 10.8. The van der Waals surface area contributed by atoms with Crippen molar-refractivity contribution >= 4 is 17.2 Å². The lowest BCUT2D eigenvalue weighted by Gasteiger charge is -2.26. The molecule has 3 aromatic rings. The SMILES string of the molecule is CC/C(C)=C(\C(=Nc1ccc(N(CC)CC)nc1C)c1nc(-c2ccccc2)n[nH]1)C(C)(C)C. The molecule has 34 heavy (non-hydrogen) atoms. The third-order valence-electron chi connectivity index (χ3n) is 6.05. The second-order valence-electron chi connectivity index (χ2n) is 9.54. The molecule has 180 valence electrons. The molecule has 1 aromatic carbocycles. The van der Waals surface area contributed by atoms with Gasteiger partial charge in [-0.05, 0) is 57.2 Å². The number of pyridine rings is 1. The average molecular weight is 459 g/mol. The molecular formula is C28H38N6. The van der Waals surface area contributed by atoms with Crippen molar-refractivity contribution in [3.05, 3.63) is 65.1 Å². The first-order valence-corrected chi connectivity index (χ1v) is 12.2. The van der Waals surface area contributed by atoms with Crippen LogP contribution in [0.2, 0.25) is 0 Å². The highest BCUT2D eigenvalue weighted by Crippen LogP contribution is 2.34. The molecule has 3 rings (SSSR count). The van der Waals surface area contributed by atoms with Crippen LogP contribution in [0.4, 0.5) is 11.5 Å². The first-order chi connectivity index (χ1) is 16.2. The van der Waals surface area contributed by atoms with Crippen LogP contribution >= 0.6 is 0 Å². The van der Waals surface area contributed by atoms with Crippen LogP contribution in [0.1, 0.15) is 66.4 Å². The lowest BCUT2D eigenvalue weighted by atomic mass is 9.79. The summed E-state index contributed by atoms with van der Waals surface area (Å²) >= 11 is 0. The molecule has 6 nitrogen and oxygen atoms in total. The molecule has 0 saturated carbocycles. The Kier molecular flexibility index (Phi) is 8.02. The normalized spacial score (nSPS) is 13.1. The van der Waals surface area contributed by atoms with Crippen molar-refractivity contribution in [1.29, 1.82) is 0 Å². The predicted molar refractivity (Wildman–Crippen MR) is 143 cm³/mol. The molecule has 0 bridgehead atoms. The van der Waals surface area contributed by atoms with Gasteiger partial charge in [-0.2, -0.15) is 5.10 Å². The first-order valence-electron chi connectivity index (χ1n) is 12.2. The van der Waals surface area contributed by atoms with Gasteiger partial charge in [-0.25, -0.2) is 15.0 Å². The maximum atomic E-state index is 5.17. The van der Waals surface area contributed by atoms with Gasteiger partial charge >= 0.3 is 0 Å². The number of aryl methyl sites for hydroxylation is 1. The summed E-state index contributed by atoms with van der Waals surface area (Å²) in [5.41, 5.74) is 5.87. The average Bonchev–Trinajstić information content (AvgIpc) is 3.30. The predicted octanol–water partition coefficient (Wildman–Crippen LogP) is 6.91. The Balaban J connectivity index is 2.19. The molecule has 0 saturated heterocycles. The van der Waals surface area contributed by atoms with Gasteiger partial charge in [0.15, 0.2) is 11.6 Å². The minimum Gasteiger partial charge on any atom is -0.357 e. The number of rotatable bonds is 8. The zero-order valence-electron chi connectivity index (χ0n) is 21.9. The number of anilines is 1. The molecule has 0 amide bonds. The molecule has 6 heteroatoms. The topological polar surface area (TPSA) is 70.1 Å². The maximum Gasteiger partial charge on any atom is 0.181 e. The van der Waals surface area contributed by atoms with Gasteiger partial charge in [-0.15, -0.1) is 0 Å². The fraction of sp³-hybridized carbons (Fsp3) is 0.429. The van der Waals surface area contributed by atoms with Crippen LogP contribution in [0.3, 0.4) is 0 Å². The van der Waals surface area contributed by atoms with E-state index >= 15 is 0 Å². The van der Waals surface area contributed by atoms with Gasteiger partial charge in [0.25, 0.3) is 0 Å². The number of aromatic nitrogens is 4. The molecule has 0 aliphatic carbocycles. The molecule has 0 unspecified atom stereocenters. The minimum atomic E-state index is -0.124. The molecular weight excluding hydrogens is 420 g/mol. The Morgan fingerprint density at radius 3 is 2.21 bits per heavy atom. The number of hydrogen-bond donors (Lipinski definition) is 1. The number of benzene rings is 1. The largest absolute Gasteiger partial charge is 0.357 e. The molecule has 0 aliphatic rings. The monoisotopic (exact) mass is 458 g/mol. The van der Waals surface area contributed by atoms with Crippen molar-refractivity contribution in [3.8, 4) is 11.4 Å². The highest BCUT2D eigenvalue weighted by atomic mass is 15.2. The van der Waals surface area contributed by atoms with E-state index in [1.165, 1.54) is 11.1 Å². The van der Waals surface area contributed by atoms with Crippen molar-refractivity contribution < 1.29 is 0 Å². The van der Waals surface area contributed by atoms with E-state index in [1.807, 2.05) is 37.3 Å². The fourth-order valence-corrected chi connectivity index (χ4v) is 4.19. The quantitative estimate of drug-likeness (QED) is 0.372. The van der Waals surface area contributed by atoms with E-state index in [2.05, 4.69) is 75.7 Å². The van der Waals surface area contributed by atoms with Gasteiger partial charge in [0.2, 0.25) is 0 Å². The summed E-state index contributed by atoms with van der Waals surface area (Å²) in [4.78, 5) is 17.1. The number of nitrogens with zero attached hydrogens (tertiary/aromatic N) is 5. The van der Waals surface area contributed by atoms with Crippen LogP contribution in [0.25, 0.3) is 11.4 Å². The summed E-state index contributed by atoms with van der Waals surface area (Å²) in [5.74, 6) is 2.31. The number of allylic oxidation sites excluding steroid dienone is 2. The van der Waals surface area contributed by atoms with E-state index in [4.69, 9.17) is 15.0 Å². The highest BCUT2D eigenvalue weighted by molar-refractivity contribution is 6.12. The molecule has 2 aromatic heterocycles. The van der Waals surface area contributed by atoms with Gasteiger partial charge in [0.05, 0.1) is 11.4 Å². The molecule has 0 radical (unpaired) electrons. The molecule has 1 N–H and O–H groups in total. The summed E-state index contributed by atoms with van der Waals surface area (Å²) in [6.07, 6.45) is 0.934. The lowest BCUT2D eigenvalue weighted by molar-refractivity contribution is 0.517. The van der Waals surface area contributed by atoms with Crippen molar-refractivity contribution in [1.82, 2.24) is 20.2 Å². The van der Waals surface area contributed by atoms with E-state index in [0.29, 0.717) is 11.6 Å². The fourth-order valence-electron chi connectivity index (χ4n) is 4.19. The van der Waals surface area contributed by atoms with E-state index in [0.717, 1.165) is 48.0 Å². The summed E-state index contributed by atoms with van der Waals surface area (Å²) in [7, 11) is 0. The second-order valence-corrected chi connectivity index (χ2v) is 9.54. The van der Waals surface area contributed by atoms with Crippen LogP contribution in [-0.4, -0.2) is 39.0 Å². The molecule has 0 fully saturated rings. The Morgan fingerprint density at radius 2 is 1.65 bits per heavy atom. The zero-order valence-corrected chi connectivity index (χ0v) is 21.9. The van der Waals surface area contributed by atoms with Crippen LogP contribution in [-0.2, 0) is 0 Å². The Hall–Kier alpha value is -3.28. The van der Waals surface area contributed by atoms with Gasteiger partial charge in [0.1, 0.15) is 11.5 Å². The maximum absolute atomic E-state index is 5.17. The summed E-state index contributed by atoms with van der Waals surface area (Å²) < 4.78 is 0. The number of H-pyrrole nitrogens is 1. The third-order valence-corrected chi connectivity index (χ3v) is 6.05. The number of aromatic amines is 1. The molecule has 0 spiro atoms. The highest BCUT2D eigenvalue weighted by Gasteiger charge is 2.28. The van der Waals surface area contributed by atoms with Gasteiger partial charge in [-0.1, -0.05) is 63.6 Å². The van der Waals surface area contributed by atoms with Gasteiger partial charge < -0.3 is 4.90 Å². The number of nitrogens with one attached hydrogen (secondary N) is 1. The van der Waals surface area contributed by atoms with Crippen molar-refractivity contribution in [2.45, 2.75) is 61.8 Å². The zero-order chi connectivity index (χ0) is 24.9. The summed E-state index contributed by atoms with van der Waals surface area (Å²) in [5, 5.41) is 7.69. The van der Waals surface area contributed by atoms with Crippen molar-refractivity contribution in [3.63, 3.8) is 0 Å². The standard InChI is InChI=1S/C28H38N6/c1-9-19(4)24(28(6,7)8)25(27-31-26(32-33-27)21-15-13-12-14-16-21)30-22-17-18-23(29-20(22)5)34(10-2)11-3/h12-18H,9-11H2,1-8H3,(H,31,32,33)/b24-19+,30-25?. The van der Waals surface area contributed by atoms with Crippen molar-refractivity contribution in [2.75, 3.05) is 18.0 Å². The molecule has 2 heterocycles. The molecule has 0 aliphatic heterocycles. The van der Waals surface area contributed by atoms with E-state index in [1.54, 1.807) is 0 Å². The Labute approximate surface area is 204 Å². The van der Waals surface area contributed by atoms with E-state index < -0.39 is 0 Å². The minimum absolute atomic E-state index is 0.124. The smallest absolute Gasteiger partial charge is 0.181 e. The Bertz CT molecular complexity index is 1160. The van der Waals surface area contributed by atoms with E-state index in [9.17, 15) is 0 Å². The van der Waals surface area contributed by atoms with Gasteiger partial charge in [-0.3, -0.25) is 5.10 Å². The summed E-state index contributed by atoms with van der Waals surface area (Å²) in [6.45, 7) is 19.2. The van der Waals surface area contributed by atoms with Crippen LogP contribution in [0.15, 0.2) is 58.6 Å². The third kappa shape index (κ3) is 5.61. The van der Waals surface area contributed by atoms with Gasteiger partial charge in [0, 0.05) is 18.7 Å². The van der Waals surface area contributed by atoms with Crippen LogP contribution in [0, 0.1) is 12.3 Å². The lowest BCUT2D eigenvalue weighted by Crippen LogP contribution is -2.23. The van der Waals surface area contributed by atoms with Crippen LogP contribution in [0.5, 0.6) is 0 Å². The number of aliphatic imine (C=N–C) groups is 1. The van der Waals surface area contributed by atoms with Crippen LogP contribution < -0.4 is 4.90 Å². The molecule has 0 atom stereocenters.